The van der Waals surface area contributed by atoms with Crippen molar-refractivity contribution in [1.29, 1.82) is 0 Å². The SMILES string of the molecule is CC/C=C\C/C=C\C/C=C\C/C=C\C/C=C\CCCCCCCCCCCCCCCC(=O)NC(CO)C(O)CCCCCCCCCCCCC. The van der Waals surface area contributed by atoms with Crippen LogP contribution in [0.5, 0.6) is 0 Å². The molecule has 0 aromatic heterocycles. The summed E-state index contributed by atoms with van der Waals surface area (Å²) in [5, 5.41) is 23.1. The highest BCUT2D eigenvalue weighted by Gasteiger charge is 2.20. The molecule has 2 unspecified atom stereocenters. The number of carbonyl (C=O) groups is 1. The summed E-state index contributed by atoms with van der Waals surface area (Å²) >= 11 is 0. The first-order valence-electron chi connectivity index (χ1n) is 22.5. The predicted octanol–water partition coefficient (Wildman–Crippen LogP) is 14.1. The van der Waals surface area contributed by atoms with Gasteiger partial charge in [0, 0.05) is 6.42 Å². The Hall–Kier alpha value is -1.91. The third-order valence-corrected chi connectivity index (χ3v) is 10.0. The van der Waals surface area contributed by atoms with Gasteiger partial charge in [0.25, 0.3) is 0 Å². The maximum Gasteiger partial charge on any atom is 0.220 e. The zero-order valence-electron chi connectivity index (χ0n) is 34.6. The first-order chi connectivity index (χ1) is 25.7. The number of amides is 1. The smallest absolute Gasteiger partial charge is 0.220 e. The third kappa shape index (κ3) is 39.3. The second kappa shape index (κ2) is 43.5. The minimum atomic E-state index is -0.660. The van der Waals surface area contributed by atoms with Gasteiger partial charge in [-0.25, -0.2) is 0 Å². The lowest BCUT2D eigenvalue weighted by atomic mass is 10.0. The molecule has 0 saturated heterocycles. The van der Waals surface area contributed by atoms with E-state index in [0.29, 0.717) is 12.8 Å². The van der Waals surface area contributed by atoms with Gasteiger partial charge in [-0.15, -0.1) is 0 Å². The largest absolute Gasteiger partial charge is 0.394 e. The zero-order valence-corrected chi connectivity index (χ0v) is 34.6. The first-order valence-corrected chi connectivity index (χ1v) is 22.5. The van der Waals surface area contributed by atoms with Gasteiger partial charge in [0.15, 0.2) is 0 Å². The van der Waals surface area contributed by atoms with E-state index < -0.39 is 12.1 Å². The van der Waals surface area contributed by atoms with Crippen molar-refractivity contribution in [3.05, 3.63) is 60.8 Å². The normalized spacial score (nSPS) is 13.5. The lowest BCUT2D eigenvalue weighted by Gasteiger charge is -2.22. The molecule has 0 spiro atoms. The molecule has 3 N–H and O–H groups in total. The van der Waals surface area contributed by atoms with Crippen LogP contribution in [0.15, 0.2) is 60.8 Å². The molecule has 0 radical (unpaired) electrons. The van der Waals surface area contributed by atoms with Crippen molar-refractivity contribution in [3.63, 3.8) is 0 Å². The van der Waals surface area contributed by atoms with Crippen LogP contribution < -0.4 is 5.32 Å². The van der Waals surface area contributed by atoms with Crippen molar-refractivity contribution in [1.82, 2.24) is 5.32 Å². The van der Waals surface area contributed by atoms with Gasteiger partial charge >= 0.3 is 0 Å². The monoisotopic (exact) mass is 726 g/mol. The lowest BCUT2D eigenvalue weighted by molar-refractivity contribution is -0.123. The molecule has 0 rings (SSSR count). The molecule has 0 aliphatic rings. The summed E-state index contributed by atoms with van der Waals surface area (Å²) in [6.45, 7) is 4.23. The maximum absolute atomic E-state index is 12.4. The minimum Gasteiger partial charge on any atom is -0.394 e. The standard InChI is InChI=1S/C48H87NO3/c1-3-5-7-9-11-13-15-16-17-18-19-20-21-22-23-24-25-26-27-28-29-30-31-32-34-36-38-40-42-44-48(52)49-46(45-50)47(51)43-41-39-37-35-33-14-12-10-8-6-4-2/h5,7,11,13,16-17,19-20,22-23,46-47,50-51H,3-4,6,8-10,12,14-15,18,21,24-45H2,1-2H3,(H,49,52)/b7-5-,13-11-,17-16-,20-19-,23-22-. The molecule has 0 bridgehead atoms. The fourth-order valence-corrected chi connectivity index (χ4v) is 6.62. The molecule has 0 saturated carbocycles. The Morgan fingerprint density at radius 3 is 1.27 bits per heavy atom. The second-order valence-electron chi connectivity index (χ2n) is 15.1. The van der Waals surface area contributed by atoms with Gasteiger partial charge in [0.1, 0.15) is 0 Å². The van der Waals surface area contributed by atoms with E-state index in [2.05, 4.69) is 79.9 Å². The summed E-state index contributed by atoms with van der Waals surface area (Å²) in [5.74, 6) is -0.0359. The molecule has 52 heavy (non-hydrogen) atoms. The Balaban J connectivity index is 3.50. The van der Waals surface area contributed by atoms with Crippen LogP contribution >= 0.6 is 0 Å². The Kier molecular flexibility index (Phi) is 41.9. The van der Waals surface area contributed by atoms with Gasteiger partial charge < -0.3 is 15.5 Å². The van der Waals surface area contributed by atoms with E-state index in [1.54, 1.807) is 0 Å². The van der Waals surface area contributed by atoms with Crippen LogP contribution in [-0.4, -0.2) is 34.9 Å². The van der Waals surface area contributed by atoms with Crippen molar-refractivity contribution in [2.24, 2.45) is 0 Å². The quantitative estimate of drug-likeness (QED) is 0.0435. The van der Waals surface area contributed by atoms with Crippen molar-refractivity contribution in [2.45, 2.75) is 231 Å². The van der Waals surface area contributed by atoms with Crippen LogP contribution in [0.25, 0.3) is 0 Å². The highest BCUT2D eigenvalue weighted by atomic mass is 16.3. The average molecular weight is 726 g/mol. The van der Waals surface area contributed by atoms with E-state index in [-0.39, 0.29) is 12.5 Å². The van der Waals surface area contributed by atoms with Gasteiger partial charge in [0.05, 0.1) is 18.8 Å². The van der Waals surface area contributed by atoms with E-state index in [9.17, 15) is 15.0 Å². The molecule has 0 aliphatic heterocycles. The van der Waals surface area contributed by atoms with Gasteiger partial charge in [-0.1, -0.05) is 216 Å². The minimum absolute atomic E-state index is 0.0359. The number of carbonyl (C=O) groups excluding carboxylic acids is 1. The van der Waals surface area contributed by atoms with Crippen molar-refractivity contribution >= 4 is 5.91 Å². The fourth-order valence-electron chi connectivity index (χ4n) is 6.62. The Morgan fingerprint density at radius 1 is 0.481 bits per heavy atom. The van der Waals surface area contributed by atoms with Gasteiger partial charge in [-0.2, -0.15) is 0 Å². The molecule has 0 aromatic carbocycles. The van der Waals surface area contributed by atoms with E-state index in [1.165, 1.54) is 135 Å². The summed E-state index contributed by atoms with van der Waals surface area (Å²) in [4.78, 5) is 12.4. The zero-order chi connectivity index (χ0) is 37.8. The van der Waals surface area contributed by atoms with Crippen LogP contribution in [0.4, 0.5) is 0 Å². The second-order valence-corrected chi connectivity index (χ2v) is 15.1. The number of aliphatic hydroxyl groups is 2. The molecule has 0 fully saturated rings. The van der Waals surface area contributed by atoms with Gasteiger partial charge in [-0.05, 0) is 57.8 Å². The van der Waals surface area contributed by atoms with E-state index in [4.69, 9.17) is 0 Å². The van der Waals surface area contributed by atoms with E-state index in [1.807, 2.05) is 0 Å². The van der Waals surface area contributed by atoms with Crippen molar-refractivity contribution < 1.29 is 15.0 Å². The Labute approximate surface area is 324 Å². The Bertz CT molecular complexity index is 873. The number of aliphatic hydroxyl groups excluding tert-OH is 2. The highest BCUT2D eigenvalue weighted by molar-refractivity contribution is 5.76. The summed E-state index contributed by atoms with van der Waals surface area (Å²) in [5.41, 5.74) is 0. The summed E-state index contributed by atoms with van der Waals surface area (Å²) < 4.78 is 0. The molecular weight excluding hydrogens is 639 g/mol. The van der Waals surface area contributed by atoms with Crippen LogP contribution in [0, 0.1) is 0 Å². The summed E-state index contributed by atoms with van der Waals surface area (Å²) in [7, 11) is 0. The molecule has 0 aromatic rings. The van der Waals surface area contributed by atoms with E-state index in [0.717, 1.165) is 57.8 Å². The van der Waals surface area contributed by atoms with Crippen LogP contribution in [0.3, 0.4) is 0 Å². The third-order valence-electron chi connectivity index (χ3n) is 10.0. The first kappa shape index (κ1) is 50.1. The molecule has 4 nitrogen and oxygen atoms in total. The van der Waals surface area contributed by atoms with Crippen LogP contribution in [0.1, 0.15) is 219 Å². The van der Waals surface area contributed by atoms with Gasteiger partial charge in [0.2, 0.25) is 5.91 Å². The van der Waals surface area contributed by atoms with Crippen molar-refractivity contribution in [3.8, 4) is 0 Å². The lowest BCUT2D eigenvalue weighted by Crippen LogP contribution is -2.45. The van der Waals surface area contributed by atoms with Gasteiger partial charge in [-0.3, -0.25) is 4.79 Å². The summed E-state index contributed by atoms with van der Waals surface area (Å²) in [6, 6.07) is -0.537. The summed E-state index contributed by atoms with van der Waals surface area (Å²) in [6.07, 6.45) is 60.2. The highest BCUT2D eigenvalue weighted by Crippen LogP contribution is 2.15. The number of allylic oxidation sites excluding steroid dienone is 10. The molecule has 0 aliphatic carbocycles. The molecule has 302 valence electrons. The Morgan fingerprint density at radius 2 is 0.846 bits per heavy atom. The fraction of sp³-hybridized carbons (Fsp3) is 0.771. The number of rotatable bonds is 40. The van der Waals surface area contributed by atoms with Crippen LogP contribution in [-0.2, 0) is 4.79 Å². The van der Waals surface area contributed by atoms with Crippen molar-refractivity contribution in [2.75, 3.05) is 6.61 Å². The number of nitrogens with one attached hydrogen (secondary N) is 1. The number of hydrogen-bond acceptors (Lipinski definition) is 3. The molecule has 0 heterocycles. The molecule has 2 atom stereocenters. The maximum atomic E-state index is 12.4. The number of unbranched alkanes of at least 4 members (excludes halogenated alkanes) is 23. The molecule has 4 heteroatoms. The van der Waals surface area contributed by atoms with E-state index >= 15 is 0 Å². The topological polar surface area (TPSA) is 69.6 Å². The van der Waals surface area contributed by atoms with Crippen LogP contribution in [0.2, 0.25) is 0 Å². The predicted molar refractivity (Wildman–Crippen MR) is 230 cm³/mol. The molecule has 1 amide bonds. The molecular formula is C48H87NO3. The number of hydrogen-bond donors (Lipinski definition) is 3. The average Bonchev–Trinajstić information content (AvgIpc) is 3.15.